The van der Waals surface area contributed by atoms with Gasteiger partial charge in [0.2, 0.25) is 0 Å². The molecule has 3 aromatic rings. The molecule has 0 saturated carbocycles. The Balaban J connectivity index is 1.85. The van der Waals surface area contributed by atoms with Crippen LogP contribution in [0.5, 0.6) is 5.75 Å². The minimum absolute atomic E-state index is 0.235. The third-order valence-electron chi connectivity index (χ3n) is 3.47. The number of hydrogen-bond donors (Lipinski definition) is 1. The summed E-state index contributed by atoms with van der Waals surface area (Å²) in [6.07, 6.45) is 4.19. The van der Waals surface area contributed by atoms with Crippen LogP contribution in [-0.2, 0) is 0 Å². The molecule has 94 valence electrons. The lowest BCUT2D eigenvalue weighted by Crippen LogP contribution is -2.16. The summed E-state index contributed by atoms with van der Waals surface area (Å²) in [5.41, 5.74) is 2.77. The minimum Gasteiger partial charge on any atom is -0.493 e. The Bertz CT molecular complexity index is 704. The van der Waals surface area contributed by atoms with Crippen LogP contribution in [-0.4, -0.2) is 26.5 Å². The summed E-state index contributed by atoms with van der Waals surface area (Å²) >= 11 is 0. The lowest BCUT2D eigenvalue weighted by atomic mass is 9.92. The fourth-order valence-corrected chi connectivity index (χ4v) is 2.57. The molecule has 0 radical (unpaired) electrons. The van der Waals surface area contributed by atoms with E-state index in [1.807, 2.05) is 18.2 Å². The van der Waals surface area contributed by atoms with Gasteiger partial charge < -0.3 is 9.72 Å². The van der Waals surface area contributed by atoms with Crippen LogP contribution in [0.2, 0.25) is 0 Å². The standard InChI is InChI=1S/C14H12N4O/c1-2-4-12-9(3-1)10(5-6-19-12)13-17-11-7-15-8-16-14(11)18-13/h1-4,7-8,10H,5-6H2,(H,15,16,17,18). The van der Waals surface area contributed by atoms with Crippen molar-refractivity contribution in [2.75, 3.05) is 6.61 Å². The van der Waals surface area contributed by atoms with Gasteiger partial charge in [0.1, 0.15) is 23.4 Å². The Kier molecular flexibility index (Phi) is 2.24. The van der Waals surface area contributed by atoms with Crippen LogP contribution in [0, 0.1) is 0 Å². The highest BCUT2D eigenvalue weighted by molar-refractivity contribution is 5.69. The Morgan fingerprint density at radius 2 is 2.21 bits per heavy atom. The molecule has 4 rings (SSSR count). The number of H-pyrrole nitrogens is 1. The van der Waals surface area contributed by atoms with Gasteiger partial charge in [0.15, 0.2) is 5.65 Å². The Labute approximate surface area is 109 Å². The van der Waals surface area contributed by atoms with Crippen LogP contribution in [0.4, 0.5) is 0 Å². The van der Waals surface area contributed by atoms with E-state index >= 15 is 0 Å². The molecule has 5 nitrogen and oxygen atoms in total. The quantitative estimate of drug-likeness (QED) is 0.721. The van der Waals surface area contributed by atoms with Crippen LogP contribution < -0.4 is 4.74 Å². The molecule has 3 heterocycles. The molecule has 5 heteroatoms. The summed E-state index contributed by atoms with van der Waals surface area (Å²) < 4.78 is 5.68. The molecule has 1 aromatic carbocycles. The third-order valence-corrected chi connectivity index (χ3v) is 3.47. The van der Waals surface area contributed by atoms with Crippen molar-refractivity contribution in [3.05, 3.63) is 48.2 Å². The number of hydrogen-bond acceptors (Lipinski definition) is 4. The van der Waals surface area contributed by atoms with Gasteiger partial charge in [-0.1, -0.05) is 18.2 Å². The van der Waals surface area contributed by atoms with Gasteiger partial charge in [-0.2, -0.15) is 0 Å². The number of para-hydroxylation sites is 1. The number of ether oxygens (including phenoxy) is 1. The normalized spacial score (nSPS) is 18.0. The van der Waals surface area contributed by atoms with E-state index in [0.717, 1.165) is 23.5 Å². The number of nitrogens with one attached hydrogen (secondary N) is 1. The van der Waals surface area contributed by atoms with Crippen LogP contribution in [0.1, 0.15) is 23.7 Å². The van der Waals surface area contributed by atoms with Gasteiger partial charge in [0, 0.05) is 11.5 Å². The Morgan fingerprint density at radius 3 is 3.16 bits per heavy atom. The Hall–Kier alpha value is -2.43. The van der Waals surface area contributed by atoms with E-state index in [-0.39, 0.29) is 5.92 Å². The maximum Gasteiger partial charge on any atom is 0.180 e. The van der Waals surface area contributed by atoms with Crippen LogP contribution in [0.25, 0.3) is 11.2 Å². The summed E-state index contributed by atoms with van der Waals surface area (Å²) in [6.45, 7) is 0.713. The zero-order chi connectivity index (χ0) is 12.7. The van der Waals surface area contributed by atoms with Crippen LogP contribution >= 0.6 is 0 Å². The van der Waals surface area contributed by atoms with Gasteiger partial charge in [-0.05, 0) is 12.5 Å². The Morgan fingerprint density at radius 1 is 1.26 bits per heavy atom. The van der Waals surface area contributed by atoms with E-state index in [2.05, 4.69) is 26.0 Å². The molecule has 1 aliphatic rings. The molecule has 2 aromatic heterocycles. The van der Waals surface area contributed by atoms with Gasteiger partial charge in [-0.3, -0.25) is 0 Å². The first-order valence-electron chi connectivity index (χ1n) is 6.29. The average Bonchev–Trinajstić information content (AvgIpc) is 2.90. The molecule has 1 unspecified atom stereocenters. The number of benzene rings is 1. The molecule has 1 N–H and O–H groups in total. The molecule has 0 saturated heterocycles. The van der Waals surface area contributed by atoms with Crippen molar-refractivity contribution in [3.63, 3.8) is 0 Å². The first kappa shape index (κ1) is 10.5. The van der Waals surface area contributed by atoms with E-state index in [9.17, 15) is 0 Å². The summed E-state index contributed by atoms with van der Waals surface area (Å²) in [7, 11) is 0. The first-order chi connectivity index (χ1) is 9.42. The van der Waals surface area contributed by atoms with Crippen molar-refractivity contribution in [2.45, 2.75) is 12.3 Å². The van der Waals surface area contributed by atoms with E-state index in [0.29, 0.717) is 12.3 Å². The van der Waals surface area contributed by atoms with E-state index in [1.165, 1.54) is 11.9 Å². The van der Waals surface area contributed by atoms with Crippen LogP contribution in [0.15, 0.2) is 36.8 Å². The minimum atomic E-state index is 0.235. The highest BCUT2D eigenvalue weighted by atomic mass is 16.5. The highest BCUT2D eigenvalue weighted by Gasteiger charge is 2.25. The summed E-state index contributed by atoms with van der Waals surface area (Å²) in [4.78, 5) is 16.1. The molecular formula is C14H12N4O. The largest absolute Gasteiger partial charge is 0.493 e. The fourth-order valence-electron chi connectivity index (χ4n) is 2.57. The van der Waals surface area contributed by atoms with E-state index < -0.39 is 0 Å². The maximum atomic E-state index is 5.68. The smallest absolute Gasteiger partial charge is 0.180 e. The van der Waals surface area contributed by atoms with Gasteiger partial charge in [0.05, 0.1) is 12.8 Å². The zero-order valence-corrected chi connectivity index (χ0v) is 10.2. The number of fused-ring (bicyclic) bond motifs is 2. The SMILES string of the molecule is c1ccc2c(c1)OCCC2c1nc2ncncc2[nH]1. The fraction of sp³-hybridized carbons (Fsp3) is 0.214. The van der Waals surface area contributed by atoms with Crippen molar-refractivity contribution >= 4 is 11.2 Å². The van der Waals surface area contributed by atoms with Crippen molar-refractivity contribution in [3.8, 4) is 5.75 Å². The molecule has 0 aliphatic carbocycles. The predicted octanol–water partition coefficient (Wildman–Crippen LogP) is 2.27. The predicted molar refractivity (Wildman–Crippen MR) is 70.1 cm³/mol. The lowest BCUT2D eigenvalue weighted by molar-refractivity contribution is 0.275. The molecule has 0 spiro atoms. The first-order valence-corrected chi connectivity index (χ1v) is 6.29. The molecule has 0 amide bonds. The molecule has 1 atom stereocenters. The second kappa shape index (κ2) is 4.05. The lowest BCUT2D eigenvalue weighted by Gasteiger charge is -2.24. The van der Waals surface area contributed by atoms with Crippen molar-refractivity contribution < 1.29 is 4.74 Å². The van der Waals surface area contributed by atoms with Crippen molar-refractivity contribution in [1.29, 1.82) is 0 Å². The van der Waals surface area contributed by atoms with E-state index in [1.54, 1.807) is 6.20 Å². The monoisotopic (exact) mass is 252 g/mol. The van der Waals surface area contributed by atoms with Crippen molar-refractivity contribution in [1.82, 2.24) is 19.9 Å². The second-order valence-electron chi connectivity index (χ2n) is 4.61. The molecule has 0 bridgehead atoms. The van der Waals surface area contributed by atoms with Gasteiger partial charge in [0.25, 0.3) is 0 Å². The summed E-state index contributed by atoms with van der Waals surface area (Å²) in [6, 6.07) is 8.12. The number of rotatable bonds is 1. The number of aromatic amines is 1. The number of aromatic nitrogens is 4. The average molecular weight is 252 g/mol. The van der Waals surface area contributed by atoms with Gasteiger partial charge in [-0.15, -0.1) is 0 Å². The van der Waals surface area contributed by atoms with Gasteiger partial charge >= 0.3 is 0 Å². The van der Waals surface area contributed by atoms with E-state index in [4.69, 9.17) is 4.74 Å². The second-order valence-corrected chi connectivity index (χ2v) is 4.61. The summed E-state index contributed by atoms with van der Waals surface area (Å²) in [5, 5.41) is 0. The number of nitrogens with zero attached hydrogens (tertiary/aromatic N) is 3. The van der Waals surface area contributed by atoms with Crippen molar-refractivity contribution in [2.24, 2.45) is 0 Å². The zero-order valence-electron chi connectivity index (χ0n) is 10.2. The highest BCUT2D eigenvalue weighted by Crippen LogP contribution is 2.36. The summed E-state index contributed by atoms with van der Waals surface area (Å²) in [5.74, 6) is 2.12. The molecule has 19 heavy (non-hydrogen) atoms. The van der Waals surface area contributed by atoms with Gasteiger partial charge in [-0.25, -0.2) is 15.0 Å². The molecular weight excluding hydrogens is 240 g/mol. The number of imidazole rings is 1. The molecule has 1 aliphatic heterocycles. The maximum absolute atomic E-state index is 5.68. The third kappa shape index (κ3) is 1.66. The van der Waals surface area contributed by atoms with Crippen LogP contribution in [0.3, 0.4) is 0 Å². The topological polar surface area (TPSA) is 63.7 Å². The molecule has 0 fully saturated rings.